The van der Waals surface area contributed by atoms with Crippen LogP contribution >= 0.6 is 0 Å². The van der Waals surface area contributed by atoms with Crippen LogP contribution in [0.3, 0.4) is 0 Å². The normalized spacial score (nSPS) is 28.5. The average Bonchev–Trinajstić information content (AvgIpc) is 3.27. The third kappa shape index (κ3) is 2.43. The third-order valence-corrected chi connectivity index (χ3v) is 4.42. The van der Waals surface area contributed by atoms with E-state index in [-0.39, 0.29) is 18.8 Å². The van der Waals surface area contributed by atoms with Crippen molar-refractivity contribution < 1.29 is 9.84 Å². The van der Waals surface area contributed by atoms with E-state index in [9.17, 15) is 5.11 Å². The molecule has 4 heterocycles. The highest BCUT2D eigenvalue weighted by Gasteiger charge is 2.28. The zero-order valence-corrected chi connectivity index (χ0v) is 12.3. The highest BCUT2D eigenvalue weighted by atomic mass is 16.5. The first kappa shape index (κ1) is 13.9. The predicted octanol–water partition coefficient (Wildman–Crippen LogP) is -0.0776. The maximum Gasteiger partial charge on any atom is 0.165 e. The molecule has 3 atom stereocenters. The summed E-state index contributed by atoms with van der Waals surface area (Å²) in [6, 6.07) is 0.551. The van der Waals surface area contributed by atoms with Gasteiger partial charge in [-0.05, 0) is 19.4 Å². The molecule has 8 nitrogen and oxygen atoms in total. The van der Waals surface area contributed by atoms with Crippen LogP contribution in [0.15, 0.2) is 12.7 Å². The molecule has 3 N–H and O–H groups in total. The number of rotatable bonds is 4. The molecule has 0 saturated carbocycles. The molecule has 0 amide bonds. The Hall–Kier alpha value is -1.77. The van der Waals surface area contributed by atoms with Gasteiger partial charge in [0, 0.05) is 12.6 Å². The van der Waals surface area contributed by atoms with Crippen LogP contribution in [-0.2, 0) is 4.74 Å². The highest BCUT2D eigenvalue weighted by molar-refractivity contribution is 5.82. The molecule has 0 radical (unpaired) electrons. The summed E-state index contributed by atoms with van der Waals surface area (Å²) in [6.45, 7) is 2.61. The number of ether oxygens (including phenoxy) is 1. The maximum atomic E-state index is 9.21. The quantitative estimate of drug-likeness (QED) is 0.727. The number of fused-ring (bicyclic) bond motifs is 1. The Morgan fingerprint density at radius 3 is 3.14 bits per heavy atom. The first-order valence-electron chi connectivity index (χ1n) is 7.72. The predicted molar refractivity (Wildman–Crippen MR) is 80.7 cm³/mol. The van der Waals surface area contributed by atoms with E-state index in [0.717, 1.165) is 42.9 Å². The van der Waals surface area contributed by atoms with Gasteiger partial charge in [0.2, 0.25) is 0 Å². The summed E-state index contributed by atoms with van der Waals surface area (Å²) < 4.78 is 7.59. The van der Waals surface area contributed by atoms with Crippen molar-refractivity contribution in [2.45, 2.75) is 31.0 Å². The monoisotopic (exact) mass is 304 g/mol. The second-order valence-electron chi connectivity index (χ2n) is 5.91. The Bertz CT molecular complexity index is 654. The van der Waals surface area contributed by atoms with E-state index in [1.807, 2.05) is 4.57 Å². The molecule has 0 spiro atoms. The van der Waals surface area contributed by atoms with Gasteiger partial charge in [-0.25, -0.2) is 15.0 Å². The molecule has 0 aromatic carbocycles. The minimum absolute atomic E-state index is 0.0552. The van der Waals surface area contributed by atoms with E-state index in [0.29, 0.717) is 12.6 Å². The van der Waals surface area contributed by atoms with E-state index in [4.69, 9.17) is 4.74 Å². The summed E-state index contributed by atoms with van der Waals surface area (Å²) in [5.74, 6) is 0.787. The Balaban J connectivity index is 1.62. The second-order valence-corrected chi connectivity index (χ2v) is 5.91. The van der Waals surface area contributed by atoms with Crippen LogP contribution in [0, 0.1) is 0 Å². The number of aromatic nitrogens is 4. The van der Waals surface area contributed by atoms with Crippen LogP contribution in [0.25, 0.3) is 11.2 Å². The fourth-order valence-electron chi connectivity index (χ4n) is 3.20. The Kier molecular flexibility index (Phi) is 3.65. The van der Waals surface area contributed by atoms with Crippen molar-refractivity contribution in [3.63, 3.8) is 0 Å². The molecule has 8 heteroatoms. The number of hydrogen-bond acceptors (Lipinski definition) is 7. The lowest BCUT2D eigenvalue weighted by atomic mass is 10.2. The summed E-state index contributed by atoms with van der Waals surface area (Å²) in [7, 11) is 0. The van der Waals surface area contributed by atoms with E-state index < -0.39 is 0 Å². The highest BCUT2D eigenvalue weighted by Crippen LogP contribution is 2.28. The van der Waals surface area contributed by atoms with Gasteiger partial charge in [0.15, 0.2) is 11.5 Å². The van der Waals surface area contributed by atoms with E-state index in [1.165, 1.54) is 0 Å². The zero-order chi connectivity index (χ0) is 14.9. The van der Waals surface area contributed by atoms with Crippen LogP contribution < -0.4 is 10.6 Å². The number of hydrogen-bond donors (Lipinski definition) is 3. The standard InChI is InChI=1S/C14H20N6O2/c21-5-11-3-10(6-22-11)20-8-18-12-13(16-7-17-14(12)20)19-9-1-2-15-4-9/h7-11,15,21H,1-6H2,(H,16,17,19)/t9-,10-,11+/m1/s1. The first-order valence-corrected chi connectivity index (χ1v) is 7.72. The van der Waals surface area contributed by atoms with Crippen LogP contribution in [0.1, 0.15) is 18.9 Å². The topological polar surface area (TPSA) is 97.1 Å². The van der Waals surface area contributed by atoms with Crippen molar-refractivity contribution in [3.8, 4) is 0 Å². The van der Waals surface area contributed by atoms with Crippen molar-refractivity contribution in [1.29, 1.82) is 0 Å². The lowest BCUT2D eigenvalue weighted by Crippen LogP contribution is -2.23. The third-order valence-electron chi connectivity index (χ3n) is 4.42. The average molecular weight is 304 g/mol. The molecule has 2 aliphatic rings. The number of anilines is 1. The minimum Gasteiger partial charge on any atom is -0.394 e. The molecule has 4 rings (SSSR count). The number of aliphatic hydroxyl groups is 1. The fraction of sp³-hybridized carbons (Fsp3) is 0.643. The van der Waals surface area contributed by atoms with Gasteiger partial charge in [0.05, 0.1) is 31.7 Å². The molecule has 2 saturated heterocycles. The van der Waals surface area contributed by atoms with Crippen LogP contribution in [0.5, 0.6) is 0 Å². The van der Waals surface area contributed by atoms with E-state index in [2.05, 4.69) is 25.6 Å². The van der Waals surface area contributed by atoms with E-state index in [1.54, 1.807) is 12.7 Å². The van der Waals surface area contributed by atoms with Gasteiger partial charge in [0.25, 0.3) is 0 Å². The van der Waals surface area contributed by atoms with Crippen molar-refractivity contribution >= 4 is 17.0 Å². The van der Waals surface area contributed by atoms with Gasteiger partial charge in [-0.1, -0.05) is 0 Å². The molecule has 2 fully saturated rings. The summed E-state index contributed by atoms with van der Waals surface area (Å²) in [5.41, 5.74) is 1.61. The van der Waals surface area contributed by atoms with Crippen LogP contribution in [-0.4, -0.2) is 63.1 Å². The molecule has 0 aliphatic carbocycles. The summed E-state index contributed by atoms with van der Waals surface area (Å²) in [6.07, 6.45) is 5.14. The lowest BCUT2D eigenvalue weighted by Gasteiger charge is -2.13. The number of nitrogens with zero attached hydrogens (tertiary/aromatic N) is 4. The van der Waals surface area contributed by atoms with Crippen molar-refractivity contribution in [3.05, 3.63) is 12.7 Å². The Labute approximate surface area is 127 Å². The van der Waals surface area contributed by atoms with Gasteiger partial charge in [-0.3, -0.25) is 0 Å². The summed E-state index contributed by atoms with van der Waals surface area (Å²) in [4.78, 5) is 13.2. The summed E-state index contributed by atoms with van der Waals surface area (Å²) >= 11 is 0. The molecule has 118 valence electrons. The first-order chi connectivity index (χ1) is 10.8. The van der Waals surface area contributed by atoms with Gasteiger partial charge in [-0.2, -0.15) is 0 Å². The van der Waals surface area contributed by atoms with Crippen LogP contribution in [0.2, 0.25) is 0 Å². The van der Waals surface area contributed by atoms with Gasteiger partial charge in [0.1, 0.15) is 11.8 Å². The molecule has 0 unspecified atom stereocenters. The zero-order valence-electron chi connectivity index (χ0n) is 12.3. The molecule has 2 aliphatic heterocycles. The molecule has 0 bridgehead atoms. The Morgan fingerprint density at radius 2 is 2.36 bits per heavy atom. The fourth-order valence-corrected chi connectivity index (χ4v) is 3.20. The van der Waals surface area contributed by atoms with Crippen molar-refractivity contribution in [2.75, 3.05) is 31.6 Å². The summed E-state index contributed by atoms with van der Waals surface area (Å²) in [5, 5.41) is 16.0. The molecule has 2 aromatic rings. The van der Waals surface area contributed by atoms with Crippen molar-refractivity contribution in [1.82, 2.24) is 24.8 Å². The lowest BCUT2D eigenvalue weighted by molar-refractivity contribution is 0.0576. The maximum absolute atomic E-state index is 9.21. The van der Waals surface area contributed by atoms with Crippen LogP contribution in [0.4, 0.5) is 5.82 Å². The van der Waals surface area contributed by atoms with E-state index >= 15 is 0 Å². The molecule has 2 aromatic heterocycles. The molecular weight excluding hydrogens is 284 g/mol. The Morgan fingerprint density at radius 1 is 1.41 bits per heavy atom. The number of nitrogens with one attached hydrogen (secondary N) is 2. The SMILES string of the molecule is OC[C@@H]1C[C@@H](n2cnc3c(N[C@@H]4CCNC4)ncnc32)CO1. The number of aliphatic hydroxyl groups excluding tert-OH is 1. The number of imidazole rings is 1. The largest absolute Gasteiger partial charge is 0.394 e. The molecule has 22 heavy (non-hydrogen) atoms. The second kappa shape index (κ2) is 5.79. The van der Waals surface area contributed by atoms with Crippen molar-refractivity contribution in [2.24, 2.45) is 0 Å². The molecular formula is C14H20N6O2. The van der Waals surface area contributed by atoms with Gasteiger partial charge in [-0.15, -0.1) is 0 Å². The smallest absolute Gasteiger partial charge is 0.165 e. The van der Waals surface area contributed by atoms with Gasteiger partial charge >= 0.3 is 0 Å². The minimum atomic E-state index is -0.0913. The van der Waals surface area contributed by atoms with Gasteiger partial charge < -0.3 is 25.0 Å².